The molecule has 0 fully saturated rings. The summed E-state index contributed by atoms with van der Waals surface area (Å²) in [6.45, 7) is 8.09. The topological polar surface area (TPSA) is 53.7 Å². The van der Waals surface area contributed by atoms with E-state index in [-0.39, 0.29) is 0 Å². The summed E-state index contributed by atoms with van der Waals surface area (Å²) < 4.78 is 16.7. The molecule has 0 aliphatic heterocycles. The van der Waals surface area contributed by atoms with Gasteiger partial charge in [0, 0.05) is 0 Å². The first-order valence-corrected chi connectivity index (χ1v) is 6.58. The zero-order chi connectivity index (χ0) is 10.9. The summed E-state index contributed by atoms with van der Waals surface area (Å²) in [5.41, 5.74) is 5.42. The highest BCUT2D eigenvalue weighted by molar-refractivity contribution is 8.21. The number of rotatable bonds is 9. The molecule has 0 amide bonds. The second-order valence-electron chi connectivity index (χ2n) is 2.47. The molecule has 0 aromatic heterocycles. The summed E-state index contributed by atoms with van der Waals surface area (Å²) in [7, 11) is -1.84. The van der Waals surface area contributed by atoms with Crippen LogP contribution in [0.15, 0.2) is 0 Å². The number of hydrogen-bond acceptors (Lipinski definition) is 4. The molecule has 0 rings (SSSR count). The quantitative estimate of drug-likeness (QED) is 0.607. The van der Waals surface area contributed by atoms with Crippen molar-refractivity contribution in [2.24, 2.45) is 5.73 Å². The van der Waals surface area contributed by atoms with Gasteiger partial charge in [-0.05, 0) is 20.8 Å². The molecule has 4 nitrogen and oxygen atoms in total. The Bertz CT molecular complexity index is 118. The van der Waals surface area contributed by atoms with Gasteiger partial charge in [-0.1, -0.05) is 0 Å². The summed E-state index contributed by atoms with van der Waals surface area (Å²) in [6.07, 6.45) is 1.93. The summed E-state index contributed by atoms with van der Waals surface area (Å²) in [5.74, 6) is 0.638. The summed E-state index contributed by atoms with van der Waals surface area (Å²) in [4.78, 5) is 0. The van der Waals surface area contributed by atoms with Gasteiger partial charge in [0.2, 0.25) is 0 Å². The Kier molecular flexibility index (Phi) is 8.41. The lowest BCUT2D eigenvalue weighted by Gasteiger charge is -2.33. The van der Waals surface area contributed by atoms with E-state index in [0.717, 1.165) is 0 Å². The largest absolute Gasteiger partial charge is 0.293 e. The van der Waals surface area contributed by atoms with Gasteiger partial charge in [-0.2, -0.15) is 0 Å². The first-order chi connectivity index (χ1) is 6.74. The molecule has 0 aliphatic rings. The predicted molar refractivity (Wildman–Crippen MR) is 60.7 cm³/mol. The fourth-order valence-electron chi connectivity index (χ4n) is 0.997. The molecule has 0 saturated heterocycles. The van der Waals surface area contributed by atoms with Crippen LogP contribution in [0.1, 0.15) is 20.8 Å². The maximum absolute atomic E-state index is 5.56. The van der Waals surface area contributed by atoms with Crippen molar-refractivity contribution in [3.05, 3.63) is 6.42 Å². The predicted octanol–water partition coefficient (Wildman–Crippen LogP) is 1.81. The third kappa shape index (κ3) is 5.07. The van der Waals surface area contributed by atoms with Crippen LogP contribution in [-0.4, -0.2) is 32.1 Å². The van der Waals surface area contributed by atoms with E-state index in [2.05, 4.69) is 0 Å². The van der Waals surface area contributed by atoms with E-state index in [0.29, 0.717) is 32.1 Å². The van der Waals surface area contributed by atoms with Crippen molar-refractivity contribution in [3.63, 3.8) is 0 Å². The smallest absolute Gasteiger partial charge is 0.185 e. The highest BCUT2D eigenvalue weighted by Gasteiger charge is 2.30. The lowest BCUT2D eigenvalue weighted by Crippen LogP contribution is -2.18. The molecule has 0 saturated carbocycles. The first-order valence-electron chi connectivity index (χ1n) is 5.00. The molecule has 0 aromatic carbocycles. The normalized spacial score (nSPS) is 12.9. The van der Waals surface area contributed by atoms with Crippen molar-refractivity contribution < 1.29 is 12.5 Å². The SMILES string of the molecule is CCOS(C[CH+]CN)(OCC)OCC. The van der Waals surface area contributed by atoms with Crippen LogP contribution < -0.4 is 5.73 Å². The van der Waals surface area contributed by atoms with Gasteiger partial charge in [-0.25, -0.2) is 0 Å². The van der Waals surface area contributed by atoms with Gasteiger partial charge >= 0.3 is 0 Å². The molecule has 0 spiro atoms. The summed E-state index contributed by atoms with van der Waals surface area (Å²) in [6, 6.07) is 0. The zero-order valence-electron chi connectivity index (χ0n) is 9.32. The minimum atomic E-state index is -1.84. The van der Waals surface area contributed by atoms with E-state index >= 15 is 0 Å². The van der Waals surface area contributed by atoms with Crippen molar-refractivity contribution in [2.45, 2.75) is 20.8 Å². The first kappa shape index (κ1) is 14.1. The van der Waals surface area contributed by atoms with Crippen LogP contribution in [0.4, 0.5) is 0 Å². The second-order valence-corrected chi connectivity index (χ2v) is 4.62. The van der Waals surface area contributed by atoms with Crippen molar-refractivity contribution in [2.75, 3.05) is 32.1 Å². The third-order valence-corrected chi connectivity index (χ3v) is 3.81. The van der Waals surface area contributed by atoms with E-state index in [1.807, 2.05) is 27.2 Å². The molecule has 0 atom stereocenters. The maximum Gasteiger partial charge on any atom is 0.185 e. The molecule has 0 heterocycles. The summed E-state index contributed by atoms with van der Waals surface area (Å²) >= 11 is 0. The molecular formula is C9H22NO3S+. The van der Waals surface area contributed by atoms with Crippen LogP contribution in [-0.2, 0) is 12.5 Å². The average Bonchev–Trinajstić information content (AvgIpc) is 2.16. The van der Waals surface area contributed by atoms with Gasteiger partial charge in [0.15, 0.2) is 5.75 Å². The van der Waals surface area contributed by atoms with Crippen LogP contribution in [0.5, 0.6) is 0 Å². The Morgan fingerprint density at radius 3 is 1.71 bits per heavy atom. The van der Waals surface area contributed by atoms with Crippen LogP contribution in [0.25, 0.3) is 0 Å². The molecular weight excluding hydrogens is 202 g/mol. The lowest BCUT2D eigenvalue weighted by atomic mass is 10.5. The second kappa shape index (κ2) is 8.38. The van der Waals surface area contributed by atoms with Gasteiger partial charge in [-0.15, -0.1) is 0 Å². The number of nitrogens with two attached hydrogens (primary N) is 1. The fraction of sp³-hybridized carbons (Fsp3) is 0.889. The highest BCUT2D eigenvalue weighted by Crippen LogP contribution is 2.51. The van der Waals surface area contributed by atoms with Gasteiger partial charge in [0.05, 0.1) is 19.8 Å². The fourth-order valence-corrected chi connectivity index (χ4v) is 2.99. The lowest BCUT2D eigenvalue weighted by molar-refractivity contribution is 0.187. The Morgan fingerprint density at radius 1 is 1.00 bits per heavy atom. The van der Waals surface area contributed by atoms with Gasteiger partial charge in [0.1, 0.15) is 23.8 Å². The van der Waals surface area contributed by atoms with Crippen LogP contribution in [0.3, 0.4) is 0 Å². The Labute approximate surface area is 89.0 Å². The monoisotopic (exact) mass is 224 g/mol. The van der Waals surface area contributed by atoms with E-state index < -0.39 is 10.9 Å². The minimum Gasteiger partial charge on any atom is -0.293 e. The standard InChI is InChI=1S/C9H22NO3S/c1-4-11-14(12-5-2,13-6-3)9-7-8-10/h7H,4-6,8-10H2,1-3H3/q+1. The molecule has 0 bridgehead atoms. The molecule has 86 valence electrons. The van der Waals surface area contributed by atoms with Crippen molar-refractivity contribution in [3.8, 4) is 0 Å². The molecule has 14 heavy (non-hydrogen) atoms. The third-order valence-electron chi connectivity index (χ3n) is 1.38. The van der Waals surface area contributed by atoms with E-state index in [1.54, 1.807) is 0 Å². The molecule has 0 unspecified atom stereocenters. The zero-order valence-corrected chi connectivity index (χ0v) is 10.1. The maximum atomic E-state index is 5.56. The number of hydrogen-bond donors (Lipinski definition) is 1. The molecule has 0 radical (unpaired) electrons. The minimum absolute atomic E-state index is 0.516. The summed E-state index contributed by atoms with van der Waals surface area (Å²) in [5, 5.41) is 0. The average molecular weight is 224 g/mol. The van der Waals surface area contributed by atoms with Crippen molar-refractivity contribution >= 4 is 10.9 Å². The molecule has 5 heteroatoms. The van der Waals surface area contributed by atoms with E-state index in [9.17, 15) is 0 Å². The van der Waals surface area contributed by atoms with Crippen LogP contribution >= 0.6 is 10.9 Å². The Balaban J connectivity index is 4.21. The van der Waals surface area contributed by atoms with E-state index in [4.69, 9.17) is 18.3 Å². The van der Waals surface area contributed by atoms with Gasteiger partial charge in [-0.3, -0.25) is 18.3 Å². The molecule has 2 N–H and O–H groups in total. The van der Waals surface area contributed by atoms with Crippen LogP contribution in [0, 0.1) is 6.42 Å². The Morgan fingerprint density at radius 2 is 1.43 bits per heavy atom. The van der Waals surface area contributed by atoms with E-state index in [1.165, 1.54) is 0 Å². The highest BCUT2D eigenvalue weighted by atomic mass is 32.3. The van der Waals surface area contributed by atoms with Crippen molar-refractivity contribution in [1.29, 1.82) is 0 Å². The van der Waals surface area contributed by atoms with Gasteiger partial charge in [0.25, 0.3) is 0 Å². The van der Waals surface area contributed by atoms with Gasteiger partial charge < -0.3 is 0 Å². The molecule has 0 aliphatic carbocycles. The Hall–Kier alpha value is 0.0600. The van der Waals surface area contributed by atoms with Crippen LogP contribution in [0.2, 0.25) is 0 Å². The van der Waals surface area contributed by atoms with Crippen molar-refractivity contribution in [1.82, 2.24) is 0 Å². The molecule has 0 aromatic rings.